The molecule has 1 heterocycles. The molecule has 5 aromatic carbocycles. The van der Waals surface area contributed by atoms with Crippen molar-refractivity contribution in [2.45, 2.75) is 26.2 Å². The number of allylic oxidation sites excluding steroid dienone is 3. The Bertz CT molecular complexity index is 1750. The van der Waals surface area contributed by atoms with Crippen LogP contribution in [0.25, 0.3) is 27.1 Å². The van der Waals surface area contributed by atoms with E-state index < -0.39 is 0 Å². The molecule has 0 saturated carbocycles. The van der Waals surface area contributed by atoms with Crippen molar-refractivity contribution < 1.29 is 4.74 Å². The molecule has 1 aliphatic rings. The predicted molar refractivity (Wildman–Crippen MR) is 162 cm³/mol. The molecule has 0 aromatic heterocycles. The van der Waals surface area contributed by atoms with Crippen molar-refractivity contribution in [3.63, 3.8) is 0 Å². The summed E-state index contributed by atoms with van der Waals surface area (Å²) in [7, 11) is 0. The fraction of sp³-hybridized carbons (Fsp3) is 0.111. The SMILES string of the molecule is C=C1/C=C(Nc2ccc(C(C)(C)c3ccc4ccccc4c3C)cc2)\C=C/Oc2ccc3ccccc3c21. The topological polar surface area (TPSA) is 21.3 Å². The number of benzene rings is 5. The van der Waals surface area contributed by atoms with Crippen LogP contribution in [0, 0.1) is 6.92 Å². The minimum absolute atomic E-state index is 0.126. The summed E-state index contributed by atoms with van der Waals surface area (Å²) in [5.74, 6) is 0.816. The lowest BCUT2D eigenvalue weighted by Gasteiger charge is -2.29. The van der Waals surface area contributed by atoms with Crippen LogP contribution in [0.1, 0.15) is 36.1 Å². The fourth-order valence-corrected chi connectivity index (χ4v) is 5.64. The van der Waals surface area contributed by atoms with E-state index in [2.05, 4.69) is 130 Å². The lowest BCUT2D eigenvalue weighted by atomic mass is 9.75. The van der Waals surface area contributed by atoms with Gasteiger partial charge in [0.1, 0.15) is 5.75 Å². The van der Waals surface area contributed by atoms with Crippen LogP contribution in [0.5, 0.6) is 5.75 Å². The summed E-state index contributed by atoms with van der Waals surface area (Å²) < 4.78 is 6.01. The number of fused-ring (bicyclic) bond motifs is 4. The van der Waals surface area contributed by atoms with E-state index >= 15 is 0 Å². The highest BCUT2D eigenvalue weighted by Crippen LogP contribution is 2.38. The number of nitrogens with one attached hydrogen (secondary N) is 1. The number of aryl methyl sites for hydroxylation is 1. The first-order valence-corrected chi connectivity index (χ1v) is 13.0. The standard InChI is InChI=1S/C36H31NO/c1-24-23-30(21-22-38-34-20-14-27-10-6-8-12-32(27)35(24)34)37-29-17-15-28(16-18-29)36(3,4)33-19-13-26-9-5-7-11-31(26)25(33)2/h5-23,37H,1H2,2-4H3/b22-21-,30-23+. The van der Waals surface area contributed by atoms with Crippen LogP contribution in [0.4, 0.5) is 5.69 Å². The maximum atomic E-state index is 6.01. The predicted octanol–water partition coefficient (Wildman–Crippen LogP) is 9.54. The second kappa shape index (κ2) is 9.39. The number of hydrogen-bond acceptors (Lipinski definition) is 2. The summed E-state index contributed by atoms with van der Waals surface area (Å²) in [6.45, 7) is 11.2. The maximum absolute atomic E-state index is 6.01. The Morgan fingerprint density at radius 3 is 2.16 bits per heavy atom. The molecule has 186 valence electrons. The van der Waals surface area contributed by atoms with Crippen LogP contribution < -0.4 is 10.1 Å². The second-order valence-electron chi connectivity index (χ2n) is 10.5. The Kier molecular flexibility index (Phi) is 5.88. The van der Waals surface area contributed by atoms with Gasteiger partial charge in [0, 0.05) is 22.4 Å². The van der Waals surface area contributed by atoms with Crippen molar-refractivity contribution in [3.8, 4) is 5.75 Å². The molecule has 0 fully saturated rings. The van der Waals surface area contributed by atoms with Gasteiger partial charge in [-0.05, 0) is 81.1 Å². The summed E-state index contributed by atoms with van der Waals surface area (Å²) in [5, 5.41) is 8.45. The lowest BCUT2D eigenvalue weighted by molar-refractivity contribution is 0.480. The van der Waals surface area contributed by atoms with Gasteiger partial charge in [-0.1, -0.05) is 99.3 Å². The van der Waals surface area contributed by atoms with Gasteiger partial charge >= 0.3 is 0 Å². The van der Waals surface area contributed by atoms with Crippen molar-refractivity contribution in [1.29, 1.82) is 0 Å². The Morgan fingerprint density at radius 2 is 1.39 bits per heavy atom. The van der Waals surface area contributed by atoms with E-state index in [4.69, 9.17) is 4.74 Å². The van der Waals surface area contributed by atoms with Gasteiger partial charge in [-0.25, -0.2) is 0 Å². The van der Waals surface area contributed by atoms with Crippen molar-refractivity contribution in [3.05, 3.63) is 150 Å². The van der Waals surface area contributed by atoms with E-state index in [1.807, 2.05) is 12.1 Å². The molecule has 0 unspecified atom stereocenters. The molecule has 6 rings (SSSR count). The molecule has 0 atom stereocenters. The minimum Gasteiger partial charge on any atom is -0.464 e. The van der Waals surface area contributed by atoms with Gasteiger partial charge in [0.05, 0.1) is 6.26 Å². The average Bonchev–Trinajstić information content (AvgIpc) is 2.92. The third-order valence-corrected chi connectivity index (χ3v) is 7.75. The zero-order valence-electron chi connectivity index (χ0n) is 22.1. The molecule has 5 aromatic rings. The molecule has 0 radical (unpaired) electrons. The summed E-state index contributed by atoms with van der Waals surface area (Å²) in [5.41, 5.74) is 7.71. The minimum atomic E-state index is -0.126. The van der Waals surface area contributed by atoms with Crippen molar-refractivity contribution in [2.24, 2.45) is 0 Å². The molecule has 0 aliphatic carbocycles. The monoisotopic (exact) mass is 493 g/mol. The first kappa shape index (κ1) is 23.8. The quantitative estimate of drug-likeness (QED) is 0.269. The zero-order valence-corrected chi connectivity index (χ0v) is 22.1. The molecular weight excluding hydrogens is 462 g/mol. The first-order valence-electron chi connectivity index (χ1n) is 13.0. The number of anilines is 1. The molecule has 0 saturated heterocycles. The molecule has 2 nitrogen and oxygen atoms in total. The van der Waals surface area contributed by atoms with Gasteiger partial charge in [-0.3, -0.25) is 0 Å². The van der Waals surface area contributed by atoms with Gasteiger partial charge in [0.25, 0.3) is 0 Å². The fourth-order valence-electron chi connectivity index (χ4n) is 5.64. The Hall–Kier alpha value is -4.56. The molecule has 2 heteroatoms. The molecule has 0 bridgehead atoms. The van der Waals surface area contributed by atoms with Crippen LogP contribution >= 0.6 is 0 Å². The summed E-state index contributed by atoms with van der Waals surface area (Å²) in [6, 6.07) is 34.3. The van der Waals surface area contributed by atoms with E-state index in [9.17, 15) is 0 Å². The third kappa shape index (κ3) is 4.18. The van der Waals surface area contributed by atoms with E-state index in [1.165, 1.54) is 32.8 Å². The maximum Gasteiger partial charge on any atom is 0.134 e. The summed E-state index contributed by atoms with van der Waals surface area (Å²) in [6.07, 6.45) is 5.76. The van der Waals surface area contributed by atoms with Crippen LogP contribution in [0.2, 0.25) is 0 Å². The van der Waals surface area contributed by atoms with E-state index in [0.717, 1.165) is 33.7 Å². The number of hydrogen-bond donors (Lipinski definition) is 1. The Morgan fingerprint density at radius 1 is 0.737 bits per heavy atom. The van der Waals surface area contributed by atoms with Crippen molar-refractivity contribution in [1.82, 2.24) is 0 Å². The van der Waals surface area contributed by atoms with Gasteiger partial charge in [0.2, 0.25) is 0 Å². The molecule has 38 heavy (non-hydrogen) atoms. The molecule has 1 N–H and O–H groups in total. The van der Waals surface area contributed by atoms with Gasteiger partial charge < -0.3 is 10.1 Å². The largest absolute Gasteiger partial charge is 0.464 e. The second-order valence-corrected chi connectivity index (χ2v) is 10.5. The molecule has 1 aliphatic heterocycles. The summed E-state index contributed by atoms with van der Waals surface area (Å²) in [4.78, 5) is 0. The van der Waals surface area contributed by atoms with Gasteiger partial charge in [-0.2, -0.15) is 0 Å². The Balaban J connectivity index is 1.28. The zero-order chi connectivity index (χ0) is 26.3. The van der Waals surface area contributed by atoms with Crippen molar-refractivity contribution >= 4 is 32.8 Å². The van der Waals surface area contributed by atoms with Crippen LogP contribution in [0.15, 0.2) is 128 Å². The molecule has 0 amide bonds. The number of rotatable bonds is 4. The molecule has 0 spiro atoms. The van der Waals surface area contributed by atoms with E-state index in [1.54, 1.807) is 6.26 Å². The highest BCUT2D eigenvalue weighted by atomic mass is 16.5. The normalized spacial score (nSPS) is 15.7. The summed E-state index contributed by atoms with van der Waals surface area (Å²) >= 11 is 0. The van der Waals surface area contributed by atoms with Gasteiger partial charge in [0.15, 0.2) is 0 Å². The van der Waals surface area contributed by atoms with Crippen LogP contribution in [0.3, 0.4) is 0 Å². The smallest absolute Gasteiger partial charge is 0.134 e. The lowest BCUT2D eigenvalue weighted by Crippen LogP contribution is -2.20. The average molecular weight is 494 g/mol. The van der Waals surface area contributed by atoms with E-state index in [-0.39, 0.29) is 5.41 Å². The highest BCUT2D eigenvalue weighted by molar-refractivity contribution is 5.98. The molecular formula is C36H31NO. The first-order chi connectivity index (χ1) is 18.4. The van der Waals surface area contributed by atoms with Gasteiger partial charge in [-0.15, -0.1) is 0 Å². The Labute approximate surface area is 224 Å². The highest BCUT2D eigenvalue weighted by Gasteiger charge is 2.25. The van der Waals surface area contributed by atoms with Crippen molar-refractivity contribution in [2.75, 3.05) is 5.32 Å². The van der Waals surface area contributed by atoms with Crippen LogP contribution in [-0.4, -0.2) is 0 Å². The third-order valence-electron chi connectivity index (χ3n) is 7.75. The van der Waals surface area contributed by atoms with Crippen LogP contribution in [-0.2, 0) is 5.41 Å². The van der Waals surface area contributed by atoms with E-state index in [0.29, 0.717) is 0 Å². The number of ether oxygens (including phenoxy) is 1.